The molecule has 0 aliphatic heterocycles. The van der Waals surface area contributed by atoms with Gasteiger partial charge in [0.1, 0.15) is 0 Å². The van der Waals surface area contributed by atoms with Crippen LogP contribution in [0.4, 0.5) is 0 Å². The van der Waals surface area contributed by atoms with Gasteiger partial charge in [0.15, 0.2) is 0 Å². The van der Waals surface area contributed by atoms with E-state index in [1.165, 1.54) is 0 Å². The van der Waals surface area contributed by atoms with E-state index in [-0.39, 0.29) is 11.3 Å². The SMILES string of the molecule is CN(CC(C)(C)CN)C(=O)c1cc(Cl)ccc1Br. The fourth-order valence-corrected chi connectivity index (χ4v) is 2.23. The molecule has 100 valence electrons. The minimum atomic E-state index is -0.102. The molecule has 0 spiro atoms. The van der Waals surface area contributed by atoms with E-state index in [9.17, 15) is 4.79 Å². The second-order valence-corrected chi connectivity index (χ2v) is 6.44. The molecule has 2 N–H and O–H groups in total. The second kappa shape index (κ2) is 6.04. The second-order valence-electron chi connectivity index (χ2n) is 5.15. The summed E-state index contributed by atoms with van der Waals surface area (Å²) in [5.41, 5.74) is 6.14. The van der Waals surface area contributed by atoms with Gasteiger partial charge in [-0.25, -0.2) is 0 Å². The van der Waals surface area contributed by atoms with E-state index >= 15 is 0 Å². The molecule has 0 aromatic heterocycles. The molecule has 18 heavy (non-hydrogen) atoms. The lowest BCUT2D eigenvalue weighted by Gasteiger charge is -2.29. The van der Waals surface area contributed by atoms with Gasteiger partial charge in [-0.15, -0.1) is 0 Å². The Balaban J connectivity index is 2.90. The van der Waals surface area contributed by atoms with Crippen molar-refractivity contribution in [3.05, 3.63) is 33.3 Å². The van der Waals surface area contributed by atoms with Crippen LogP contribution < -0.4 is 5.73 Å². The largest absolute Gasteiger partial charge is 0.341 e. The highest BCUT2D eigenvalue weighted by atomic mass is 79.9. The Hall–Kier alpha value is -0.580. The number of carbonyl (C=O) groups is 1. The zero-order valence-corrected chi connectivity index (χ0v) is 13.2. The Morgan fingerprint density at radius 3 is 2.67 bits per heavy atom. The van der Waals surface area contributed by atoms with E-state index in [1.807, 2.05) is 13.8 Å². The first-order valence-corrected chi connectivity index (χ1v) is 6.84. The first kappa shape index (κ1) is 15.5. The maximum absolute atomic E-state index is 12.3. The summed E-state index contributed by atoms with van der Waals surface area (Å²) in [5.74, 6) is -0.0640. The third kappa shape index (κ3) is 3.97. The topological polar surface area (TPSA) is 46.3 Å². The molecule has 0 aliphatic carbocycles. The standard InChI is InChI=1S/C13H18BrClN2O/c1-13(2,7-16)8-17(3)12(18)10-6-9(15)4-5-11(10)14/h4-6H,7-8,16H2,1-3H3. The molecule has 0 fully saturated rings. The van der Waals surface area contributed by atoms with Crippen molar-refractivity contribution < 1.29 is 4.79 Å². The number of halogens is 2. The van der Waals surface area contributed by atoms with Gasteiger partial charge in [0, 0.05) is 23.1 Å². The van der Waals surface area contributed by atoms with E-state index in [1.54, 1.807) is 30.1 Å². The molecule has 0 saturated heterocycles. The Morgan fingerprint density at radius 1 is 1.50 bits per heavy atom. The highest BCUT2D eigenvalue weighted by Crippen LogP contribution is 2.23. The molecule has 0 saturated carbocycles. The Labute approximate surface area is 121 Å². The van der Waals surface area contributed by atoms with E-state index in [0.717, 1.165) is 4.47 Å². The first-order chi connectivity index (χ1) is 8.26. The normalized spacial score (nSPS) is 11.4. The number of hydrogen-bond acceptors (Lipinski definition) is 2. The first-order valence-electron chi connectivity index (χ1n) is 5.67. The summed E-state index contributed by atoms with van der Waals surface area (Å²) in [5, 5.41) is 0.549. The van der Waals surface area contributed by atoms with Gasteiger partial charge < -0.3 is 10.6 Å². The molecule has 1 rings (SSSR count). The lowest BCUT2D eigenvalue weighted by molar-refractivity contribution is 0.0739. The van der Waals surface area contributed by atoms with Crippen LogP contribution in [0.3, 0.4) is 0 Å². The number of carbonyl (C=O) groups excluding carboxylic acids is 1. The minimum Gasteiger partial charge on any atom is -0.341 e. The fourth-order valence-electron chi connectivity index (χ4n) is 1.65. The summed E-state index contributed by atoms with van der Waals surface area (Å²) in [4.78, 5) is 14.0. The van der Waals surface area contributed by atoms with Crippen molar-refractivity contribution >= 4 is 33.4 Å². The summed E-state index contributed by atoms with van der Waals surface area (Å²) in [7, 11) is 1.77. The molecular formula is C13H18BrClN2O. The summed E-state index contributed by atoms with van der Waals surface area (Å²) < 4.78 is 0.745. The summed E-state index contributed by atoms with van der Waals surface area (Å²) >= 11 is 9.28. The van der Waals surface area contributed by atoms with Crippen LogP contribution in [-0.4, -0.2) is 30.9 Å². The van der Waals surface area contributed by atoms with Crippen LogP contribution in [0, 0.1) is 5.41 Å². The van der Waals surface area contributed by atoms with E-state index < -0.39 is 0 Å². The number of hydrogen-bond donors (Lipinski definition) is 1. The van der Waals surface area contributed by atoms with E-state index in [2.05, 4.69) is 15.9 Å². The molecule has 0 bridgehead atoms. The van der Waals surface area contributed by atoms with Gasteiger partial charge in [-0.05, 0) is 46.1 Å². The molecule has 1 aromatic carbocycles. The molecule has 1 amide bonds. The van der Waals surface area contributed by atoms with Crippen LogP contribution in [0.1, 0.15) is 24.2 Å². The molecule has 1 aromatic rings. The Kier molecular flexibility index (Phi) is 5.20. The molecule has 0 atom stereocenters. The third-order valence-corrected chi connectivity index (χ3v) is 3.65. The van der Waals surface area contributed by atoms with Crippen molar-refractivity contribution in [2.75, 3.05) is 20.1 Å². The van der Waals surface area contributed by atoms with Crippen LogP contribution in [0.2, 0.25) is 5.02 Å². The molecular weight excluding hydrogens is 316 g/mol. The van der Waals surface area contributed by atoms with Gasteiger partial charge in [-0.1, -0.05) is 25.4 Å². The number of amides is 1. The summed E-state index contributed by atoms with van der Waals surface area (Å²) in [6.45, 7) is 5.19. The highest BCUT2D eigenvalue weighted by Gasteiger charge is 2.23. The smallest absolute Gasteiger partial charge is 0.254 e. The van der Waals surface area contributed by atoms with Gasteiger partial charge >= 0.3 is 0 Å². The Morgan fingerprint density at radius 2 is 2.11 bits per heavy atom. The summed E-state index contributed by atoms with van der Waals surface area (Å²) in [6.07, 6.45) is 0. The van der Waals surface area contributed by atoms with Crippen LogP contribution >= 0.6 is 27.5 Å². The van der Waals surface area contributed by atoms with Crippen molar-refractivity contribution in [3.8, 4) is 0 Å². The van der Waals surface area contributed by atoms with Crippen LogP contribution in [0.25, 0.3) is 0 Å². The maximum atomic E-state index is 12.3. The monoisotopic (exact) mass is 332 g/mol. The van der Waals surface area contributed by atoms with E-state index in [0.29, 0.717) is 23.7 Å². The maximum Gasteiger partial charge on any atom is 0.254 e. The highest BCUT2D eigenvalue weighted by molar-refractivity contribution is 9.10. The molecule has 0 unspecified atom stereocenters. The number of nitrogens with zero attached hydrogens (tertiary/aromatic N) is 1. The lowest BCUT2D eigenvalue weighted by Crippen LogP contribution is -2.39. The molecule has 0 aliphatic rings. The van der Waals surface area contributed by atoms with Gasteiger partial charge in [0.25, 0.3) is 5.91 Å². The third-order valence-electron chi connectivity index (χ3n) is 2.72. The summed E-state index contributed by atoms with van der Waals surface area (Å²) in [6, 6.07) is 5.18. The van der Waals surface area contributed by atoms with E-state index in [4.69, 9.17) is 17.3 Å². The van der Waals surface area contributed by atoms with Crippen LogP contribution in [0.15, 0.2) is 22.7 Å². The predicted octanol–water partition coefficient (Wildman–Crippen LogP) is 3.16. The van der Waals surface area contributed by atoms with Gasteiger partial charge in [0.05, 0.1) is 5.56 Å². The van der Waals surface area contributed by atoms with Crippen molar-refractivity contribution in [3.63, 3.8) is 0 Å². The van der Waals surface area contributed by atoms with Crippen molar-refractivity contribution in [1.29, 1.82) is 0 Å². The van der Waals surface area contributed by atoms with Crippen molar-refractivity contribution in [2.24, 2.45) is 11.1 Å². The predicted molar refractivity (Wildman–Crippen MR) is 78.9 cm³/mol. The Bertz CT molecular complexity index is 449. The minimum absolute atomic E-state index is 0.0640. The van der Waals surface area contributed by atoms with Gasteiger partial charge in [0.2, 0.25) is 0 Å². The zero-order chi connectivity index (χ0) is 13.9. The number of benzene rings is 1. The van der Waals surface area contributed by atoms with Crippen molar-refractivity contribution in [1.82, 2.24) is 4.90 Å². The zero-order valence-electron chi connectivity index (χ0n) is 10.8. The lowest BCUT2D eigenvalue weighted by atomic mass is 9.93. The van der Waals surface area contributed by atoms with Gasteiger partial charge in [-0.2, -0.15) is 0 Å². The van der Waals surface area contributed by atoms with Crippen LogP contribution in [0.5, 0.6) is 0 Å². The molecule has 0 heterocycles. The molecule has 5 heteroatoms. The number of nitrogens with two attached hydrogens (primary N) is 1. The molecule has 0 radical (unpaired) electrons. The average Bonchev–Trinajstić information content (AvgIpc) is 2.31. The quantitative estimate of drug-likeness (QED) is 0.920. The average molecular weight is 334 g/mol. The number of rotatable bonds is 4. The fraction of sp³-hybridized carbons (Fsp3) is 0.462. The molecule has 3 nitrogen and oxygen atoms in total. The van der Waals surface area contributed by atoms with Crippen LogP contribution in [-0.2, 0) is 0 Å². The van der Waals surface area contributed by atoms with Gasteiger partial charge in [-0.3, -0.25) is 4.79 Å². The van der Waals surface area contributed by atoms with Crippen molar-refractivity contribution in [2.45, 2.75) is 13.8 Å².